The predicted octanol–water partition coefficient (Wildman–Crippen LogP) is 1.89. The smallest absolute Gasteiger partial charge is 0.105 e. The first-order chi connectivity index (χ1) is 7.79. The van der Waals surface area contributed by atoms with Gasteiger partial charge >= 0.3 is 0 Å². The van der Waals surface area contributed by atoms with Crippen LogP contribution in [0.3, 0.4) is 0 Å². The van der Waals surface area contributed by atoms with Gasteiger partial charge in [-0.2, -0.15) is 0 Å². The molecule has 0 saturated carbocycles. The standard InChI is InChI=1S/C13H22N2O/c1-11(9-13-6-4-8-16-13)15-7-3-5-12(10-15)14-2/h4,6,8,11-12,14H,3,5,7,9-10H2,1-2H3. The van der Waals surface area contributed by atoms with Gasteiger partial charge in [0.25, 0.3) is 0 Å². The Balaban J connectivity index is 1.86. The van der Waals surface area contributed by atoms with Gasteiger partial charge in [0.1, 0.15) is 5.76 Å². The number of piperidine rings is 1. The Bertz CT molecular complexity index is 297. The van der Waals surface area contributed by atoms with Crippen LogP contribution in [0.4, 0.5) is 0 Å². The molecule has 1 aliphatic rings. The highest BCUT2D eigenvalue weighted by atomic mass is 16.3. The lowest BCUT2D eigenvalue weighted by atomic mass is 10.0. The maximum absolute atomic E-state index is 5.41. The van der Waals surface area contributed by atoms with Crippen molar-refractivity contribution in [2.75, 3.05) is 20.1 Å². The first-order valence-corrected chi connectivity index (χ1v) is 6.23. The monoisotopic (exact) mass is 222 g/mol. The second kappa shape index (κ2) is 5.51. The molecule has 90 valence electrons. The summed E-state index contributed by atoms with van der Waals surface area (Å²) in [5.41, 5.74) is 0. The fourth-order valence-corrected chi connectivity index (χ4v) is 2.49. The molecule has 16 heavy (non-hydrogen) atoms. The number of likely N-dealkylation sites (tertiary alicyclic amines) is 1. The number of rotatable bonds is 4. The summed E-state index contributed by atoms with van der Waals surface area (Å²) in [6.07, 6.45) is 5.38. The molecule has 1 saturated heterocycles. The van der Waals surface area contributed by atoms with Crippen LogP contribution < -0.4 is 5.32 Å². The van der Waals surface area contributed by atoms with E-state index in [9.17, 15) is 0 Å². The van der Waals surface area contributed by atoms with Gasteiger partial charge < -0.3 is 9.73 Å². The van der Waals surface area contributed by atoms with Crippen LogP contribution in [0.15, 0.2) is 22.8 Å². The van der Waals surface area contributed by atoms with Crippen molar-refractivity contribution in [1.82, 2.24) is 10.2 Å². The molecule has 2 unspecified atom stereocenters. The molecule has 2 rings (SSSR count). The van der Waals surface area contributed by atoms with Crippen molar-refractivity contribution in [2.45, 2.75) is 38.3 Å². The van der Waals surface area contributed by atoms with Gasteiger partial charge in [0, 0.05) is 25.0 Å². The summed E-state index contributed by atoms with van der Waals surface area (Å²) in [7, 11) is 2.06. The fourth-order valence-electron chi connectivity index (χ4n) is 2.49. The van der Waals surface area contributed by atoms with E-state index in [1.165, 1.54) is 25.9 Å². The molecule has 2 heterocycles. The van der Waals surface area contributed by atoms with Crippen LogP contribution in [0.2, 0.25) is 0 Å². The normalized spacial score (nSPS) is 24.5. The van der Waals surface area contributed by atoms with E-state index in [0.717, 1.165) is 12.2 Å². The van der Waals surface area contributed by atoms with Crippen LogP contribution in [0.1, 0.15) is 25.5 Å². The molecule has 0 spiro atoms. The van der Waals surface area contributed by atoms with Crippen molar-refractivity contribution in [3.05, 3.63) is 24.2 Å². The zero-order valence-electron chi connectivity index (χ0n) is 10.3. The molecular weight excluding hydrogens is 200 g/mol. The Hall–Kier alpha value is -0.800. The van der Waals surface area contributed by atoms with Crippen LogP contribution in [0.25, 0.3) is 0 Å². The van der Waals surface area contributed by atoms with E-state index in [1.807, 2.05) is 6.07 Å². The molecule has 3 heteroatoms. The molecule has 0 radical (unpaired) electrons. The third kappa shape index (κ3) is 2.86. The highest BCUT2D eigenvalue weighted by Crippen LogP contribution is 2.16. The van der Waals surface area contributed by atoms with Crippen LogP contribution in [-0.2, 0) is 6.42 Å². The second-order valence-electron chi connectivity index (χ2n) is 4.76. The summed E-state index contributed by atoms with van der Waals surface area (Å²) in [4.78, 5) is 2.56. The van der Waals surface area contributed by atoms with Gasteiger partial charge in [-0.3, -0.25) is 4.90 Å². The van der Waals surface area contributed by atoms with E-state index in [2.05, 4.69) is 30.3 Å². The summed E-state index contributed by atoms with van der Waals surface area (Å²) in [6, 6.07) is 5.26. The number of nitrogens with zero attached hydrogens (tertiary/aromatic N) is 1. The maximum atomic E-state index is 5.41. The molecule has 0 amide bonds. The molecular formula is C13H22N2O. The van der Waals surface area contributed by atoms with Crippen molar-refractivity contribution < 1.29 is 4.42 Å². The van der Waals surface area contributed by atoms with E-state index in [-0.39, 0.29) is 0 Å². The minimum atomic E-state index is 0.572. The van der Waals surface area contributed by atoms with Crippen molar-refractivity contribution >= 4 is 0 Å². The van der Waals surface area contributed by atoms with Crippen LogP contribution in [0.5, 0.6) is 0 Å². The zero-order valence-corrected chi connectivity index (χ0v) is 10.3. The predicted molar refractivity (Wildman–Crippen MR) is 65.5 cm³/mol. The van der Waals surface area contributed by atoms with Crippen LogP contribution >= 0.6 is 0 Å². The first-order valence-electron chi connectivity index (χ1n) is 6.23. The number of likely N-dealkylation sites (N-methyl/N-ethyl adjacent to an activating group) is 1. The summed E-state index contributed by atoms with van der Waals surface area (Å²) in [5, 5.41) is 3.38. The Morgan fingerprint density at radius 2 is 2.50 bits per heavy atom. The van der Waals surface area contributed by atoms with Crippen molar-refractivity contribution in [3.63, 3.8) is 0 Å². The highest BCUT2D eigenvalue weighted by molar-refractivity contribution is 5.00. The molecule has 1 aromatic rings. The molecule has 1 aliphatic heterocycles. The Morgan fingerprint density at radius 3 is 3.19 bits per heavy atom. The van der Waals surface area contributed by atoms with Crippen molar-refractivity contribution in [1.29, 1.82) is 0 Å². The number of nitrogens with one attached hydrogen (secondary N) is 1. The largest absolute Gasteiger partial charge is 0.469 e. The molecule has 0 aromatic carbocycles. The van der Waals surface area contributed by atoms with Crippen molar-refractivity contribution in [2.24, 2.45) is 0 Å². The van der Waals surface area contributed by atoms with Crippen LogP contribution in [-0.4, -0.2) is 37.1 Å². The molecule has 0 bridgehead atoms. The first kappa shape index (κ1) is 11.7. The molecule has 1 aromatic heterocycles. The van der Waals surface area contributed by atoms with Gasteiger partial charge in [0.15, 0.2) is 0 Å². The topological polar surface area (TPSA) is 28.4 Å². The molecule has 0 aliphatic carbocycles. The quantitative estimate of drug-likeness (QED) is 0.843. The van der Waals surface area contributed by atoms with Gasteiger partial charge in [-0.1, -0.05) is 0 Å². The Morgan fingerprint density at radius 1 is 1.62 bits per heavy atom. The van der Waals surface area contributed by atoms with E-state index in [1.54, 1.807) is 6.26 Å². The van der Waals surface area contributed by atoms with Gasteiger partial charge in [-0.15, -0.1) is 0 Å². The lowest BCUT2D eigenvalue weighted by molar-refractivity contribution is 0.144. The molecule has 3 nitrogen and oxygen atoms in total. The summed E-state index contributed by atoms with van der Waals surface area (Å²) < 4.78 is 5.41. The van der Waals surface area contributed by atoms with Gasteiger partial charge in [0.05, 0.1) is 6.26 Å². The minimum absolute atomic E-state index is 0.572. The fraction of sp³-hybridized carbons (Fsp3) is 0.692. The molecule has 2 atom stereocenters. The molecule has 1 N–H and O–H groups in total. The Kier molecular flexibility index (Phi) is 4.02. The highest BCUT2D eigenvalue weighted by Gasteiger charge is 2.22. The summed E-state index contributed by atoms with van der Waals surface area (Å²) in [6.45, 7) is 4.68. The lowest BCUT2D eigenvalue weighted by Gasteiger charge is -2.36. The van der Waals surface area contributed by atoms with E-state index < -0.39 is 0 Å². The van der Waals surface area contributed by atoms with Gasteiger partial charge in [-0.05, 0) is 45.5 Å². The second-order valence-corrected chi connectivity index (χ2v) is 4.76. The van der Waals surface area contributed by atoms with Gasteiger partial charge in [0.2, 0.25) is 0 Å². The number of hydrogen-bond acceptors (Lipinski definition) is 3. The maximum Gasteiger partial charge on any atom is 0.105 e. The molecule has 1 fully saturated rings. The third-order valence-electron chi connectivity index (χ3n) is 3.56. The SMILES string of the molecule is CNC1CCCN(C(C)Cc2ccco2)C1. The summed E-state index contributed by atoms with van der Waals surface area (Å²) >= 11 is 0. The van der Waals surface area contributed by atoms with Crippen molar-refractivity contribution in [3.8, 4) is 0 Å². The summed E-state index contributed by atoms with van der Waals surface area (Å²) in [5.74, 6) is 1.10. The lowest BCUT2D eigenvalue weighted by Crippen LogP contribution is -2.48. The number of hydrogen-bond donors (Lipinski definition) is 1. The zero-order chi connectivity index (χ0) is 11.4. The van der Waals surface area contributed by atoms with E-state index in [0.29, 0.717) is 12.1 Å². The minimum Gasteiger partial charge on any atom is -0.469 e. The Labute approximate surface area is 97.8 Å². The van der Waals surface area contributed by atoms with E-state index >= 15 is 0 Å². The number of furan rings is 1. The third-order valence-corrected chi connectivity index (χ3v) is 3.56. The average molecular weight is 222 g/mol. The van der Waals surface area contributed by atoms with Crippen LogP contribution in [0, 0.1) is 0 Å². The average Bonchev–Trinajstić information content (AvgIpc) is 2.82. The van der Waals surface area contributed by atoms with Gasteiger partial charge in [-0.25, -0.2) is 0 Å². The van der Waals surface area contributed by atoms with E-state index in [4.69, 9.17) is 4.42 Å².